The highest BCUT2D eigenvalue weighted by molar-refractivity contribution is 5.93. The first-order valence-corrected chi connectivity index (χ1v) is 9.33. The van der Waals surface area contributed by atoms with Crippen molar-refractivity contribution in [2.45, 2.75) is 33.7 Å². The van der Waals surface area contributed by atoms with Gasteiger partial charge in [0, 0.05) is 29.5 Å². The minimum atomic E-state index is -1.03. The third-order valence-corrected chi connectivity index (χ3v) is 5.31. The Kier molecular flexibility index (Phi) is 4.29. The summed E-state index contributed by atoms with van der Waals surface area (Å²) in [6, 6.07) is 3.35. The predicted octanol–water partition coefficient (Wildman–Crippen LogP) is 3.87. The van der Waals surface area contributed by atoms with Gasteiger partial charge in [0.05, 0.1) is 11.7 Å². The fraction of sp³-hybridized carbons (Fsp3) is 0.333. The van der Waals surface area contributed by atoms with Crippen molar-refractivity contribution < 1.29 is 14.6 Å². The number of aromatic nitrogens is 3. The zero-order chi connectivity index (χ0) is 20.9. The van der Waals surface area contributed by atoms with Crippen molar-refractivity contribution in [3.63, 3.8) is 0 Å². The highest BCUT2D eigenvalue weighted by atomic mass is 16.5. The molecular weight excluding hydrogens is 370 g/mol. The van der Waals surface area contributed by atoms with Crippen molar-refractivity contribution in [1.82, 2.24) is 15.0 Å². The van der Waals surface area contributed by atoms with Crippen LogP contribution < -0.4 is 15.4 Å². The molecule has 3 aromatic heterocycles. The maximum atomic E-state index is 12.2. The van der Waals surface area contributed by atoms with Crippen LogP contribution in [0.1, 0.15) is 26.3 Å². The molecule has 0 fully saturated rings. The highest BCUT2D eigenvalue weighted by Gasteiger charge is 2.41. The third kappa shape index (κ3) is 3.20. The fourth-order valence-corrected chi connectivity index (χ4v) is 3.67. The quantitative estimate of drug-likeness (QED) is 0.645. The third-order valence-electron chi connectivity index (χ3n) is 5.31. The van der Waals surface area contributed by atoms with Crippen molar-refractivity contribution >= 4 is 28.4 Å². The van der Waals surface area contributed by atoms with E-state index in [0.29, 0.717) is 23.1 Å². The van der Waals surface area contributed by atoms with Crippen molar-refractivity contribution in [1.29, 1.82) is 0 Å². The molecule has 0 spiro atoms. The van der Waals surface area contributed by atoms with Gasteiger partial charge in [-0.25, -0.2) is 14.8 Å². The molecule has 0 bridgehead atoms. The number of rotatable bonds is 1. The summed E-state index contributed by atoms with van der Waals surface area (Å²) in [5, 5.41) is 11.8. The van der Waals surface area contributed by atoms with Gasteiger partial charge < -0.3 is 15.6 Å². The van der Waals surface area contributed by atoms with Crippen LogP contribution in [0.5, 0.6) is 5.88 Å². The second-order valence-corrected chi connectivity index (χ2v) is 8.32. The lowest BCUT2D eigenvalue weighted by Gasteiger charge is -2.42. The van der Waals surface area contributed by atoms with E-state index in [-0.39, 0.29) is 18.1 Å². The number of carboxylic acid groups (broad SMARTS) is 1. The van der Waals surface area contributed by atoms with Gasteiger partial charge in [-0.15, -0.1) is 0 Å². The molecule has 0 aromatic carbocycles. The summed E-state index contributed by atoms with van der Waals surface area (Å²) in [6.45, 7) is 8.12. The number of nitrogens with zero attached hydrogens (tertiary/aromatic N) is 4. The number of nitrogens with two attached hydrogens (primary N) is 1. The molecule has 0 saturated heterocycles. The van der Waals surface area contributed by atoms with E-state index in [1.807, 2.05) is 33.8 Å². The van der Waals surface area contributed by atoms with Crippen LogP contribution in [0.2, 0.25) is 0 Å². The SMILES string of the molecule is Cc1c(-c2cc3cc(N)ncc3cn2)cnc2c1N(C(=O)O)C(C(C)(C)C)CO2. The maximum absolute atomic E-state index is 12.2. The van der Waals surface area contributed by atoms with E-state index < -0.39 is 6.09 Å². The zero-order valence-electron chi connectivity index (χ0n) is 16.8. The largest absolute Gasteiger partial charge is 0.474 e. The molecule has 150 valence electrons. The number of ether oxygens (including phenoxy) is 1. The van der Waals surface area contributed by atoms with E-state index in [9.17, 15) is 9.90 Å². The van der Waals surface area contributed by atoms with Crippen LogP contribution in [0.4, 0.5) is 16.3 Å². The molecular formula is C21H23N5O3. The first-order valence-electron chi connectivity index (χ1n) is 9.33. The monoisotopic (exact) mass is 393 g/mol. The van der Waals surface area contributed by atoms with Gasteiger partial charge in [0.2, 0.25) is 5.88 Å². The van der Waals surface area contributed by atoms with Crippen LogP contribution in [-0.4, -0.2) is 38.8 Å². The number of anilines is 2. The van der Waals surface area contributed by atoms with E-state index >= 15 is 0 Å². The van der Waals surface area contributed by atoms with Crippen LogP contribution in [0.25, 0.3) is 22.0 Å². The normalized spacial score (nSPS) is 16.4. The molecule has 1 unspecified atom stereocenters. The second kappa shape index (κ2) is 6.58. The Morgan fingerprint density at radius 2 is 1.90 bits per heavy atom. The molecule has 29 heavy (non-hydrogen) atoms. The lowest BCUT2D eigenvalue weighted by molar-refractivity contribution is 0.153. The van der Waals surface area contributed by atoms with Crippen LogP contribution in [0.15, 0.2) is 30.7 Å². The van der Waals surface area contributed by atoms with Gasteiger partial charge in [0.1, 0.15) is 18.1 Å². The molecule has 0 saturated carbocycles. The Hall–Kier alpha value is -3.42. The van der Waals surface area contributed by atoms with Gasteiger partial charge in [-0.2, -0.15) is 0 Å². The molecule has 1 atom stereocenters. The summed E-state index contributed by atoms with van der Waals surface area (Å²) in [6.07, 6.45) is 4.04. The minimum absolute atomic E-state index is 0.259. The van der Waals surface area contributed by atoms with Crippen LogP contribution in [0.3, 0.4) is 0 Å². The van der Waals surface area contributed by atoms with Crippen LogP contribution in [0, 0.1) is 12.3 Å². The van der Waals surface area contributed by atoms with Crippen molar-refractivity contribution in [3.8, 4) is 17.1 Å². The topological polar surface area (TPSA) is 114 Å². The predicted molar refractivity (Wildman–Crippen MR) is 111 cm³/mol. The number of amides is 1. The lowest BCUT2D eigenvalue weighted by Crippen LogP contribution is -2.53. The lowest BCUT2D eigenvalue weighted by atomic mass is 9.85. The molecule has 1 aliphatic rings. The Morgan fingerprint density at radius 3 is 2.59 bits per heavy atom. The van der Waals surface area contributed by atoms with Gasteiger partial charge >= 0.3 is 6.09 Å². The first-order chi connectivity index (χ1) is 13.7. The van der Waals surface area contributed by atoms with Gasteiger partial charge in [0.15, 0.2) is 0 Å². The molecule has 0 aliphatic carbocycles. The molecule has 3 aromatic rings. The second-order valence-electron chi connectivity index (χ2n) is 8.32. The molecule has 3 N–H and O–H groups in total. The maximum Gasteiger partial charge on any atom is 0.412 e. The first kappa shape index (κ1) is 18.9. The molecule has 0 radical (unpaired) electrons. The van der Waals surface area contributed by atoms with E-state index in [2.05, 4.69) is 15.0 Å². The summed E-state index contributed by atoms with van der Waals surface area (Å²) in [4.78, 5) is 26.6. The number of nitrogen functional groups attached to an aromatic ring is 1. The molecule has 1 amide bonds. The molecule has 4 heterocycles. The zero-order valence-corrected chi connectivity index (χ0v) is 16.8. The van der Waals surface area contributed by atoms with E-state index in [1.165, 1.54) is 4.90 Å². The van der Waals surface area contributed by atoms with Crippen molar-refractivity contribution in [2.75, 3.05) is 17.2 Å². The number of hydrogen-bond acceptors (Lipinski definition) is 6. The van der Waals surface area contributed by atoms with Gasteiger partial charge in [-0.05, 0) is 35.4 Å². The molecule has 8 nitrogen and oxygen atoms in total. The Labute approximate surface area is 168 Å². The Morgan fingerprint density at radius 1 is 1.17 bits per heavy atom. The Balaban J connectivity index is 1.89. The fourth-order valence-electron chi connectivity index (χ4n) is 3.67. The summed E-state index contributed by atoms with van der Waals surface area (Å²) < 4.78 is 5.84. The summed E-state index contributed by atoms with van der Waals surface area (Å²) in [5.74, 6) is 0.747. The average molecular weight is 393 g/mol. The number of carbonyl (C=O) groups is 1. The van der Waals surface area contributed by atoms with Crippen molar-refractivity contribution in [3.05, 3.63) is 36.3 Å². The van der Waals surface area contributed by atoms with Crippen LogP contribution >= 0.6 is 0 Å². The van der Waals surface area contributed by atoms with Gasteiger partial charge in [-0.1, -0.05) is 20.8 Å². The number of pyridine rings is 3. The summed E-state index contributed by atoms with van der Waals surface area (Å²) >= 11 is 0. The summed E-state index contributed by atoms with van der Waals surface area (Å²) in [5.41, 5.74) is 8.15. The Bertz CT molecular complexity index is 1120. The summed E-state index contributed by atoms with van der Waals surface area (Å²) in [7, 11) is 0. The smallest absolute Gasteiger partial charge is 0.412 e. The number of fused-ring (bicyclic) bond motifs is 2. The van der Waals surface area contributed by atoms with E-state index in [0.717, 1.165) is 21.9 Å². The highest BCUT2D eigenvalue weighted by Crippen LogP contribution is 2.43. The van der Waals surface area contributed by atoms with E-state index in [1.54, 1.807) is 24.7 Å². The molecule has 4 rings (SSSR count). The number of hydrogen-bond donors (Lipinski definition) is 2. The standard InChI is InChI=1S/C21H23N5O3/c1-11-14(15-5-12-6-17(22)24-8-13(12)7-23-15)9-25-19-18(11)26(20(27)28)16(10-29-19)21(2,3)4/h5-9,16H,10H2,1-4H3,(H2,22,24)(H,27,28). The molecule has 8 heteroatoms. The average Bonchev–Trinajstić information content (AvgIpc) is 2.66. The van der Waals surface area contributed by atoms with Crippen LogP contribution in [-0.2, 0) is 0 Å². The van der Waals surface area contributed by atoms with Gasteiger partial charge in [-0.3, -0.25) is 9.88 Å². The van der Waals surface area contributed by atoms with Gasteiger partial charge in [0.25, 0.3) is 0 Å². The molecule has 1 aliphatic heterocycles. The van der Waals surface area contributed by atoms with Crippen molar-refractivity contribution in [2.24, 2.45) is 5.41 Å². The minimum Gasteiger partial charge on any atom is -0.474 e. The van der Waals surface area contributed by atoms with E-state index in [4.69, 9.17) is 10.5 Å².